The third kappa shape index (κ3) is 3.33. The predicted octanol–water partition coefficient (Wildman–Crippen LogP) is 3.99. The Morgan fingerprint density at radius 1 is 1.05 bits per heavy atom. The minimum atomic E-state index is -0.622. The molecule has 20 heavy (non-hydrogen) atoms. The molecule has 0 bridgehead atoms. The molecule has 2 aromatic rings. The van der Waals surface area contributed by atoms with Gasteiger partial charge in [-0.2, -0.15) is 0 Å². The van der Waals surface area contributed by atoms with E-state index < -0.39 is 17.7 Å². The maximum Gasteiger partial charge on any atom is 0.132 e. The molecule has 0 aliphatic carbocycles. The van der Waals surface area contributed by atoms with Gasteiger partial charge >= 0.3 is 0 Å². The van der Waals surface area contributed by atoms with Gasteiger partial charge in [0.1, 0.15) is 24.0 Å². The van der Waals surface area contributed by atoms with Gasteiger partial charge in [0, 0.05) is 0 Å². The lowest BCUT2D eigenvalue weighted by Crippen LogP contribution is -2.02. The Morgan fingerprint density at radius 3 is 2.20 bits per heavy atom. The summed E-state index contributed by atoms with van der Waals surface area (Å²) in [5.74, 6) is -0.745. The molecule has 0 saturated heterocycles. The summed E-state index contributed by atoms with van der Waals surface area (Å²) in [5.41, 5.74) is 0.696. The molecule has 4 heteroatoms. The van der Waals surface area contributed by atoms with Crippen molar-refractivity contribution in [2.45, 2.75) is 26.1 Å². The Labute approximate surface area is 116 Å². The first-order chi connectivity index (χ1) is 9.61. The van der Waals surface area contributed by atoms with E-state index in [0.29, 0.717) is 12.2 Å². The highest BCUT2D eigenvalue weighted by Gasteiger charge is 2.09. The fourth-order valence-electron chi connectivity index (χ4n) is 1.85. The summed E-state index contributed by atoms with van der Waals surface area (Å²) in [6.07, 6.45) is 0.119. The number of benzene rings is 2. The van der Waals surface area contributed by atoms with Crippen LogP contribution in [0.1, 0.15) is 30.6 Å². The van der Waals surface area contributed by atoms with Crippen LogP contribution in [0.4, 0.5) is 8.78 Å². The molecule has 1 unspecified atom stereocenters. The first kappa shape index (κ1) is 14.5. The van der Waals surface area contributed by atoms with Crippen molar-refractivity contribution in [3.63, 3.8) is 0 Å². The van der Waals surface area contributed by atoms with Crippen molar-refractivity contribution < 1.29 is 18.6 Å². The number of ether oxygens (including phenoxy) is 1. The van der Waals surface area contributed by atoms with E-state index in [9.17, 15) is 13.9 Å². The van der Waals surface area contributed by atoms with E-state index in [4.69, 9.17) is 4.74 Å². The van der Waals surface area contributed by atoms with Gasteiger partial charge in [-0.25, -0.2) is 8.78 Å². The second-order valence-corrected chi connectivity index (χ2v) is 4.48. The van der Waals surface area contributed by atoms with Crippen LogP contribution in [-0.2, 0) is 6.61 Å². The number of hydrogen-bond donors (Lipinski definition) is 1. The lowest BCUT2D eigenvalue weighted by Gasteiger charge is -2.11. The minimum absolute atomic E-state index is 0.0924. The fourth-order valence-corrected chi connectivity index (χ4v) is 1.85. The molecule has 2 nitrogen and oxygen atoms in total. The van der Waals surface area contributed by atoms with Gasteiger partial charge in [0.2, 0.25) is 0 Å². The van der Waals surface area contributed by atoms with E-state index >= 15 is 0 Å². The molecule has 1 N–H and O–H groups in total. The molecular formula is C16H16F2O2. The Morgan fingerprint density at radius 2 is 1.65 bits per heavy atom. The van der Waals surface area contributed by atoms with Crippen molar-refractivity contribution >= 4 is 0 Å². The summed E-state index contributed by atoms with van der Waals surface area (Å²) in [7, 11) is 0. The topological polar surface area (TPSA) is 29.5 Å². The van der Waals surface area contributed by atoms with E-state index in [1.807, 2.05) is 6.92 Å². The number of rotatable bonds is 5. The van der Waals surface area contributed by atoms with Crippen LogP contribution < -0.4 is 4.74 Å². The zero-order valence-electron chi connectivity index (χ0n) is 11.1. The molecule has 0 amide bonds. The number of hydrogen-bond acceptors (Lipinski definition) is 2. The van der Waals surface area contributed by atoms with Gasteiger partial charge in [-0.15, -0.1) is 0 Å². The van der Waals surface area contributed by atoms with Crippen LogP contribution in [0, 0.1) is 11.6 Å². The zero-order chi connectivity index (χ0) is 14.5. The largest absolute Gasteiger partial charge is 0.489 e. The fraction of sp³-hybridized carbons (Fsp3) is 0.250. The summed E-state index contributed by atoms with van der Waals surface area (Å²) < 4.78 is 32.2. The highest BCUT2D eigenvalue weighted by atomic mass is 19.1. The normalized spacial score (nSPS) is 12.2. The lowest BCUT2D eigenvalue weighted by molar-refractivity contribution is 0.173. The van der Waals surface area contributed by atoms with Crippen LogP contribution in [0.5, 0.6) is 5.75 Å². The Balaban J connectivity index is 2.04. The summed E-state index contributed by atoms with van der Waals surface area (Å²) in [6, 6.07) is 10.5. The summed E-state index contributed by atoms with van der Waals surface area (Å²) in [6.45, 7) is 1.71. The van der Waals surface area contributed by atoms with Gasteiger partial charge in [0.05, 0.1) is 11.7 Å². The van der Waals surface area contributed by atoms with Crippen molar-refractivity contribution in [3.05, 3.63) is 65.2 Å². The maximum atomic E-state index is 13.4. The SMILES string of the molecule is CCC(O)c1ccc(OCc2c(F)cccc2F)cc1. The van der Waals surface area contributed by atoms with Crippen molar-refractivity contribution in [3.8, 4) is 5.75 Å². The van der Waals surface area contributed by atoms with Crippen molar-refractivity contribution in [1.29, 1.82) is 0 Å². The highest BCUT2D eigenvalue weighted by Crippen LogP contribution is 2.21. The smallest absolute Gasteiger partial charge is 0.132 e. The number of aliphatic hydroxyl groups excluding tert-OH is 1. The van der Waals surface area contributed by atoms with Crippen LogP contribution in [0.25, 0.3) is 0 Å². The molecule has 106 valence electrons. The summed E-state index contributed by atoms with van der Waals surface area (Å²) >= 11 is 0. The van der Waals surface area contributed by atoms with Crippen LogP contribution in [0.3, 0.4) is 0 Å². The Hall–Kier alpha value is -1.94. The zero-order valence-corrected chi connectivity index (χ0v) is 11.1. The maximum absolute atomic E-state index is 13.4. The molecule has 0 spiro atoms. The third-order valence-corrected chi connectivity index (χ3v) is 3.10. The van der Waals surface area contributed by atoms with Gasteiger partial charge in [0.25, 0.3) is 0 Å². The first-order valence-electron chi connectivity index (χ1n) is 6.45. The van der Waals surface area contributed by atoms with Gasteiger partial charge in [0.15, 0.2) is 0 Å². The second kappa shape index (κ2) is 6.48. The molecule has 2 rings (SSSR count). The summed E-state index contributed by atoms with van der Waals surface area (Å²) in [4.78, 5) is 0. The Bertz CT molecular complexity index is 547. The minimum Gasteiger partial charge on any atom is -0.489 e. The number of halogens is 2. The van der Waals surface area contributed by atoms with Gasteiger partial charge in [-0.3, -0.25) is 0 Å². The van der Waals surface area contributed by atoms with Gasteiger partial charge < -0.3 is 9.84 Å². The second-order valence-electron chi connectivity index (χ2n) is 4.48. The lowest BCUT2D eigenvalue weighted by atomic mass is 10.1. The average Bonchev–Trinajstić information content (AvgIpc) is 2.46. The van der Waals surface area contributed by atoms with Gasteiger partial charge in [-0.1, -0.05) is 25.1 Å². The Kier molecular flexibility index (Phi) is 4.69. The molecule has 2 aromatic carbocycles. The molecule has 1 atom stereocenters. The molecule has 0 aromatic heterocycles. The van der Waals surface area contributed by atoms with E-state index in [1.165, 1.54) is 18.2 Å². The quantitative estimate of drug-likeness (QED) is 0.896. The van der Waals surface area contributed by atoms with Crippen LogP contribution in [0.2, 0.25) is 0 Å². The van der Waals surface area contributed by atoms with E-state index in [1.54, 1.807) is 24.3 Å². The molecular weight excluding hydrogens is 262 g/mol. The van der Waals surface area contributed by atoms with Crippen LogP contribution in [0.15, 0.2) is 42.5 Å². The first-order valence-corrected chi connectivity index (χ1v) is 6.45. The van der Waals surface area contributed by atoms with E-state index in [0.717, 1.165) is 5.56 Å². The molecule has 0 radical (unpaired) electrons. The average molecular weight is 278 g/mol. The monoisotopic (exact) mass is 278 g/mol. The molecule has 0 aliphatic heterocycles. The molecule has 0 aliphatic rings. The summed E-state index contributed by atoms with van der Waals surface area (Å²) in [5, 5.41) is 9.66. The third-order valence-electron chi connectivity index (χ3n) is 3.10. The highest BCUT2D eigenvalue weighted by molar-refractivity contribution is 5.29. The molecule has 0 heterocycles. The molecule has 0 saturated carbocycles. The molecule has 0 fully saturated rings. The van der Waals surface area contributed by atoms with Crippen LogP contribution >= 0.6 is 0 Å². The number of aliphatic hydroxyl groups is 1. The van der Waals surface area contributed by atoms with E-state index in [-0.39, 0.29) is 12.2 Å². The predicted molar refractivity (Wildman–Crippen MR) is 72.4 cm³/mol. The van der Waals surface area contributed by atoms with E-state index in [2.05, 4.69) is 0 Å². The van der Waals surface area contributed by atoms with Gasteiger partial charge in [-0.05, 0) is 36.2 Å². The van der Waals surface area contributed by atoms with Crippen LogP contribution in [-0.4, -0.2) is 5.11 Å². The van der Waals surface area contributed by atoms with Crippen molar-refractivity contribution in [1.82, 2.24) is 0 Å². The van der Waals surface area contributed by atoms with Crippen molar-refractivity contribution in [2.24, 2.45) is 0 Å². The standard InChI is InChI=1S/C16H16F2O2/c1-2-16(19)11-6-8-12(9-7-11)20-10-13-14(17)4-3-5-15(13)18/h3-9,16,19H,2,10H2,1H3. The van der Waals surface area contributed by atoms with Crippen molar-refractivity contribution in [2.75, 3.05) is 0 Å².